The van der Waals surface area contributed by atoms with Crippen molar-refractivity contribution >= 4 is 29.3 Å². The van der Waals surface area contributed by atoms with Gasteiger partial charge in [0.2, 0.25) is 0 Å². The fraction of sp³-hybridized carbons (Fsp3) is 0.357. The van der Waals surface area contributed by atoms with Crippen LogP contribution in [-0.4, -0.2) is 22.4 Å². The van der Waals surface area contributed by atoms with Gasteiger partial charge in [0.05, 0.1) is 13.5 Å². The normalized spacial score (nSPS) is 10.5. The number of ether oxygens (including phenoxy) is 1. The van der Waals surface area contributed by atoms with Crippen LogP contribution >= 0.6 is 23.3 Å². The third-order valence-electron chi connectivity index (χ3n) is 2.80. The lowest BCUT2D eigenvalue weighted by atomic mass is 10.1. The first-order valence-electron chi connectivity index (χ1n) is 6.32. The summed E-state index contributed by atoms with van der Waals surface area (Å²) >= 11 is 3.08. The van der Waals surface area contributed by atoms with E-state index in [1.807, 2.05) is 31.2 Å². The van der Waals surface area contributed by atoms with Crippen LogP contribution in [0.3, 0.4) is 0 Å². The van der Waals surface area contributed by atoms with E-state index in [4.69, 9.17) is 4.74 Å². The third-order valence-corrected chi connectivity index (χ3v) is 4.72. The molecule has 1 aromatic heterocycles. The van der Waals surface area contributed by atoms with E-state index in [-0.39, 0.29) is 5.97 Å². The molecular formula is C14H16N2O2S2. The van der Waals surface area contributed by atoms with E-state index in [9.17, 15) is 4.79 Å². The average molecular weight is 308 g/mol. The van der Waals surface area contributed by atoms with Crippen LogP contribution in [0.4, 0.5) is 0 Å². The van der Waals surface area contributed by atoms with Crippen molar-refractivity contribution in [3.05, 3.63) is 41.2 Å². The molecule has 1 heterocycles. The van der Waals surface area contributed by atoms with Gasteiger partial charge in [-0.2, -0.15) is 4.37 Å². The topological polar surface area (TPSA) is 52.1 Å². The first kappa shape index (κ1) is 15.0. The molecule has 0 aliphatic carbocycles. The number of nitrogens with zero attached hydrogens (tertiary/aromatic N) is 2. The van der Waals surface area contributed by atoms with Gasteiger partial charge in [0.15, 0.2) is 4.34 Å². The quantitative estimate of drug-likeness (QED) is 0.606. The van der Waals surface area contributed by atoms with E-state index >= 15 is 0 Å². The molecule has 0 saturated carbocycles. The predicted molar refractivity (Wildman–Crippen MR) is 81.0 cm³/mol. The summed E-state index contributed by atoms with van der Waals surface area (Å²) in [6, 6.07) is 7.91. The Labute approximate surface area is 126 Å². The van der Waals surface area contributed by atoms with Crippen LogP contribution in [0, 0.1) is 0 Å². The Morgan fingerprint density at radius 2 is 2.10 bits per heavy atom. The number of methoxy groups -OCH3 is 1. The van der Waals surface area contributed by atoms with Crippen LogP contribution in [-0.2, 0) is 28.1 Å². The van der Waals surface area contributed by atoms with Crippen LogP contribution in [0.5, 0.6) is 0 Å². The van der Waals surface area contributed by atoms with Gasteiger partial charge in [-0.3, -0.25) is 4.79 Å². The van der Waals surface area contributed by atoms with E-state index in [1.165, 1.54) is 18.6 Å². The highest BCUT2D eigenvalue weighted by Gasteiger charge is 2.09. The standard InChI is InChI=1S/C14H16N2O2S2/c1-3-12-15-14(20-16-12)19-9-11-7-5-4-6-10(11)8-13(17)18-2/h4-7H,3,8-9H2,1-2H3. The highest BCUT2D eigenvalue weighted by atomic mass is 32.2. The minimum absolute atomic E-state index is 0.216. The highest BCUT2D eigenvalue weighted by Crippen LogP contribution is 2.26. The molecule has 0 bridgehead atoms. The van der Waals surface area contributed by atoms with Crippen LogP contribution in [0.2, 0.25) is 0 Å². The zero-order valence-electron chi connectivity index (χ0n) is 11.5. The Balaban J connectivity index is 2.03. The number of hydrogen-bond donors (Lipinski definition) is 0. The first-order valence-corrected chi connectivity index (χ1v) is 8.07. The van der Waals surface area contributed by atoms with Crippen LogP contribution in [0.25, 0.3) is 0 Å². The molecule has 0 atom stereocenters. The number of carbonyl (C=O) groups is 1. The summed E-state index contributed by atoms with van der Waals surface area (Å²) in [5.41, 5.74) is 2.14. The Morgan fingerprint density at radius 1 is 1.35 bits per heavy atom. The average Bonchev–Trinajstić information content (AvgIpc) is 2.94. The summed E-state index contributed by atoms with van der Waals surface area (Å²) < 4.78 is 9.96. The van der Waals surface area contributed by atoms with Gasteiger partial charge in [-0.05, 0) is 22.7 Å². The number of carbonyl (C=O) groups excluding carboxylic acids is 1. The number of esters is 1. The van der Waals surface area contributed by atoms with Gasteiger partial charge in [0, 0.05) is 12.2 Å². The summed E-state index contributed by atoms with van der Waals surface area (Å²) in [7, 11) is 1.41. The van der Waals surface area contributed by atoms with E-state index in [2.05, 4.69) is 9.36 Å². The summed E-state index contributed by atoms with van der Waals surface area (Å²) in [6.45, 7) is 2.04. The molecular weight excluding hydrogens is 292 g/mol. The minimum atomic E-state index is -0.216. The van der Waals surface area contributed by atoms with Crippen molar-refractivity contribution in [1.82, 2.24) is 9.36 Å². The number of aromatic nitrogens is 2. The monoisotopic (exact) mass is 308 g/mol. The number of aryl methyl sites for hydroxylation is 1. The van der Waals surface area contributed by atoms with Gasteiger partial charge < -0.3 is 4.74 Å². The number of hydrogen-bond acceptors (Lipinski definition) is 6. The first-order chi connectivity index (χ1) is 9.72. The molecule has 0 fully saturated rings. The molecule has 0 N–H and O–H groups in total. The molecule has 106 valence electrons. The number of thioether (sulfide) groups is 1. The SMILES string of the molecule is CCc1nsc(SCc2ccccc2CC(=O)OC)n1. The third kappa shape index (κ3) is 4.05. The second kappa shape index (κ2) is 7.40. The molecule has 0 unspecified atom stereocenters. The Morgan fingerprint density at radius 3 is 2.75 bits per heavy atom. The predicted octanol–water partition coefficient (Wildman–Crippen LogP) is 3.11. The summed E-state index contributed by atoms with van der Waals surface area (Å²) in [6.07, 6.45) is 1.17. The molecule has 0 amide bonds. The van der Waals surface area contributed by atoms with Crippen LogP contribution in [0.15, 0.2) is 28.6 Å². The number of rotatable bonds is 6. The number of benzene rings is 1. The maximum atomic E-state index is 11.4. The van der Waals surface area contributed by atoms with Crippen LogP contribution < -0.4 is 0 Å². The second-order valence-electron chi connectivity index (χ2n) is 4.14. The molecule has 6 heteroatoms. The van der Waals surface area contributed by atoms with Crippen molar-refractivity contribution in [2.45, 2.75) is 29.9 Å². The van der Waals surface area contributed by atoms with Crippen molar-refractivity contribution in [2.75, 3.05) is 7.11 Å². The molecule has 1 aromatic carbocycles. The van der Waals surface area contributed by atoms with Gasteiger partial charge in [-0.25, -0.2) is 4.98 Å². The van der Waals surface area contributed by atoms with E-state index in [0.717, 1.165) is 33.5 Å². The lowest BCUT2D eigenvalue weighted by Crippen LogP contribution is -2.06. The molecule has 0 saturated heterocycles. The highest BCUT2D eigenvalue weighted by molar-refractivity contribution is 8.00. The fourth-order valence-electron chi connectivity index (χ4n) is 1.68. The molecule has 20 heavy (non-hydrogen) atoms. The molecule has 0 radical (unpaired) electrons. The molecule has 0 aliphatic rings. The zero-order chi connectivity index (χ0) is 14.4. The lowest BCUT2D eigenvalue weighted by Gasteiger charge is -2.07. The Kier molecular flexibility index (Phi) is 5.55. The van der Waals surface area contributed by atoms with E-state index in [1.54, 1.807) is 11.8 Å². The summed E-state index contributed by atoms with van der Waals surface area (Å²) in [4.78, 5) is 15.8. The lowest BCUT2D eigenvalue weighted by molar-refractivity contribution is -0.139. The Hall–Kier alpha value is -1.40. The maximum Gasteiger partial charge on any atom is 0.309 e. The van der Waals surface area contributed by atoms with E-state index < -0.39 is 0 Å². The van der Waals surface area contributed by atoms with Gasteiger partial charge in [-0.1, -0.05) is 43.0 Å². The zero-order valence-corrected chi connectivity index (χ0v) is 13.1. The summed E-state index contributed by atoms with van der Waals surface area (Å²) in [5.74, 6) is 1.46. The van der Waals surface area contributed by atoms with Crippen molar-refractivity contribution in [3.8, 4) is 0 Å². The van der Waals surface area contributed by atoms with Crippen LogP contribution in [0.1, 0.15) is 23.9 Å². The van der Waals surface area contributed by atoms with Gasteiger partial charge in [0.1, 0.15) is 5.82 Å². The maximum absolute atomic E-state index is 11.4. The van der Waals surface area contributed by atoms with E-state index in [0.29, 0.717) is 6.42 Å². The van der Waals surface area contributed by atoms with Gasteiger partial charge in [0.25, 0.3) is 0 Å². The van der Waals surface area contributed by atoms with Gasteiger partial charge >= 0.3 is 5.97 Å². The molecule has 0 aliphatic heterocycles. The largest absolute Gasteiger partial charge is 0.469 e. The minimum Gasteiger partial charge on any atom is -0.469 e. The molecule has 0 spiro atoms. The second-order valence-corrected chi connectivity index (χ2v) is 6.11. The van der Waals surface area contributed by atoms with Crippen molar-refractivity contribution in [1.29, 1.82) is 0 Å². The fourth-order valence-corrected chi connectivity index (χ4v) is 3.41. The smallest absolute Gasteiger partial charge is 0.309 e. The molecule has 2 aromatic rings. The summed E-state index contributed by atoms with van der Waals surface area (Å²) in [5, 5.41) is 0. The van der Waals surface area contributed by atoms with Gasteiger partial charge in [-0.15, -0.1) is 0 Å². The van der Waals surface area contributed by atoms with Crippen molar-refractivity contribution < 1.29 is 9.53 Å². The molecule has 4 nitrogen and oxygen atoms in total. The molecule has 2 rings (SSSR count). The van der Waals surface area contributed by atoms with Crippen molar-refractivity contribution in [2.24, 2.45) is 0 Å². The van der Waals surface area contributed by atoms with Crippen molar-refractivity contribution in [3.63, 3.8) is 0 Å². The Bertz CT molecular complexity index is 584.